The highest BCUT2D eigenvalue weighted by atomic mass is 32.2. The summed E-state index contributed by atoms with van der Waals surface area (Å²) in [5.41, 5.74) is 2.51. The van der Waals surface area contributed by atoms with Gasteiger partial charge in [-0.05, 0) is 67.3 Å². The molecule has 1 heterocycles. The molecule has 0 spiro atoms. The van der Waals surface area contributed by atoms with Crippen LogP contribution in [0, 0.1) is 5.92 Å². The molecule has 1 N–H and O–H groups in total. The van der Waals surface area contributed by atoms with Crippen LogP contribution in [-0.4, -0.2) is 39.4 Å². The number of methoxy groups -OCH3 is 1. The first-order chi connectivity index (χ1) is 14.9. The van der Waals surface area contributed by atoms with Gasteiger partial charge in [-0.3, -0.25) is 4.79 Å². The lowest BCUT2D eigenvalue weighted by molar-refractivity contribution is 0.0693. The van der Waals surface area contributed by atoms with Gasteiger partial charge in [-0.25, -0.2) is 13.1 Å². The van der Waals surface area contributed by atoms with Gasteiger partial charge in [-0.15, -0.1) is 0 Å². The second kappa shape index (κ2) is 9.01. The summed E-state index contributed by atoms with van der Waals surface area (Å²) in [4.78, 5) is 15.0. The first kappa shape index (κ1) is 21.8. The van der Waals surface area contributed by atoms with Crippen molar-refractivity contribution >= 4 is 15.9 Å². The van der Waals surface area contributed by atoms with Crippen LogP contribution in [0.25, 0.3) is 0 Å². The number of hydrogen-bond acceptors (Lipinski definition) is 4. The van der Waals surface area contributed by atoms with Crippen molar-refractivity contribution in [2.45, 2.75) is 50.0 Å². The Morgan fingerprint density at radius 2 is 1.84 bits per heavy atom. The Hall–Kier alpha value is -2.38. The highest BCUT2D eigenvalue weighted by Gasteiger charge is 2.28. The Balaban J connectivity index is 1.61. The van der Waals surface area contributed by atoms with Crippen LogP contribution in [0.1, 0.15) is 60.1 Å². The van der Waals surface area contributed by atoms with E-state index in [9.17, 15) is 13.2 Å². The van der Waals surface area contributed by atoms with Gasteiger partial charge in [-0.2, -0.15) is 0 Å². The Labute approximate surface area is 184 Å². The summed E-state index contributed by atoms with van der Waals surface area (Å²) < 4.78 is 34.7. The molecule has 4 rings (SSSR count). The lowest BCUT2D eigenvalue weighted by atomic mass is 9.88. The fourth-order valence-electron chi connectivity index (χ4n) is 4.54. The minimum absolute atomic E-state index is 0.0880. The second-order valence-electron chi connectivity index (χ2n) is 8.60. The zero-order valence-corrected chi connectivity index (χ0v) is 19.0. The van der Waals surface area contributed by atoms with Crippen molar-refractivity contribution in [3.63, 3.8) is 0 Å². The molecule has 6 nitrogen and oxygen atoms in total. The van der Waals surface area contributed by atoms with Crippen molar-refractivity contribution in [2.75, 3.05) is 20.2 Å². The smallest absolute Gasteiger partial charge is 0.257 e. The summed E-state index contributed by atoms with van der Waals surface area (Å²) in [6.45, 7) is 3.54. The molecule has 0 unspecified atom stereocenters. The molecule has 1 aliphatic carbocycles. The van der Waals surface area contributed by atoms with Gasteiger partial charge >= 0.3 is 0 Å². The molecule has 1 amide bonds. The maximum Gasteiger partial charge on any atom is 0.257 e. The van der Waals surface area contributed by atoms with E-state index >= 15 is 0 Å². The number of carbonyl (C=O) groups is 1. The number of sulfonamides is 1. The zero-order chi connectivity index (χ0) is 22.0. The fourth-order valence-corrected chi connectivity index (χ4v) is 5.81. The Morgan fingerprint density at radius 1 is 1.10 bits per heavy atom. The van der Waals surface area contributed by atoms with Gasteiger partial charge < -0.3 is 9.64 Å². The number of ether oxygens (including phenoxy) is 1. The van der Waals surface area contributed by atoms with Crippen molar-refractivity contribution in [3.05, 3.63) is 59.2 Å². The van der Waals surface area contributed by atoms with Crippen LogP contribution in [0.15, 0.2) is 47.4 Å². The number of benzene rings is 2. The summed E-state index contributed by atoms with van der Waals surface area (Å²) >= 11 is 0. The van der Waals surface area contributed by atoms with Gasteiger partial charge in [0, 0.05) is 19.1 Å². The third-order valence-electron chi connectivity index (χ3n) is 6.45. The molecular formula is C24H30N2O4S. The molecule has 1 fully saturated rings. The van der Waals surface area contributed by atoms with Crippen LogP contribution in [0.3, 0.4) is 0 Å². The predicted molar refractivity (Wildman–Crippen MR) is 120 cm³/mol. The van der Waals surface area contributed by atoms with E-state index in [0.717, 1.165) is 37.7 Å². The van der Waals surface area contributed by atoms with Crippen LogP contribution < -0.4 is 9.46 Å². The van der Waals surface area contributed by atoms with Crippen molar-refractivity contribution in [1.82, 2.24) is 9.62 Å². The first-order valence-corrected chi connectivity index (χ1v) is 12.4. The third kappa shape index (κ3) is 4.62. The molecule has 7 heteroatoms. The average molecular weight is 443 g/mol. The molecule has 2 aliphatic rings. The van der Waals surface area contributed by atoms with Gasteiger partial charge in [0.25, 0.3) is 5.91 Å². The molecular weight excluding hydrogens is 412 g/mol. The van der Waals surface area contributed by atoms with E-state index in [-0.39, 0.29) is 16.8 Å². The monoisotopic (exact) mass is 442 g/mol. The molecule has 166 valence electrons. The number of hydrogen-bond donors (Lipinski definition) is 1. The molecule has 0 aromatic heterocycles. The van der Waals surface area contributed by atoms with Gasteiger partial charge in [-0.1, -0.05) is 31.2 Å². The van der Waals surface area contributed by atoms with Crippen molar-refractivity contribution in [2.24, 2.45) is 5.92 Å². The van der Waals surface area contributed by atoms with Crippen LogP contribution in [0.5, 0.6) is 5.75 Å². The molecule has 31 heavy (non-hydrogen) atoms. The number of nitrogens with zero attached hydrogens (tertiary/aromatic N) is 1. The molecule has 1 aliphatic heterocycles. The summed E-state index contributed by atoms with van der Waals surface area (Å²) in [5.74, 6) is 0.814. The average Bonchev–Trinajstić information content (AvgIpc) is 2.78. The summed E-state index contributed by atoms with van der Waals surface area (Å²) in [6.07, 6.45) is 4.56. The van der Waals surface area contributed by atoms with E-state index in [1.54, 1.807) is 11.0 Å². The van der Waals surface area contributed by atoms with E-state index in [1.807, 2.05) is 18.2 Å². The number of likely N-dealkylation sites (tertiary alicyclic amines) is 1. The lowest BCUT2D eigenvalue weighted by Crippen LogP contribution is -2.38. The van der Waals surface area contributed by atoms with Crippen molar-refractivity contribution in [3.8, 4) is 5.75 Å². The normalized spacial score (nSPS) is 19.7. The van der Waals surface area contributed by atoms with Gasteiger partial charge in [0.05, 0.1) is 17.6 Å². The van der Waals surface area contributed by atoms with Crippen molar-refractivity contribution in [1.29, 1.82) is 0 Å². The highest BCUT2D eigenvalue weighted by molar-refractivity contribution is 7.89. The molecule has 0 saturated carbocycles. The fraction of sp³-hybridized carbons (Fsp3) is 0.458. The standard InChI is InChI=1S/C24H30N2O4S/c1-17-12-14-26(15-13-17)24(27)21-16-19(10-11-23(21)30-2)31(28,29)25-22-9-5-7-18-6-3-4-8-20(18)22/h3-4,6,8,10-11,16-17,22,25H,5,7,9,12-15H2,1-2H3/t22-/m0/s1. The quantitative estimate of drug-likeness (QED) is 0.761. The number of carbonyl (C=O) groups excluding carboxylic acids is 1. The van der Waals surface area contributed by atoms with E-state index in [2.05, 4.69) is 17.7 Å². The summed E-state index contributed by atoms with van der Waals surface area (Å²) in [5, 5.41) is 0. The van der Waals surface area contributed by atoms with Crippen LogP contribution >= 0.6 is 0 Å². The molecule has 1 atom stereocenters. The number of nitrogens with one attached hydrogen (secondary N) is 1. The largest absolute Gasteiger partial charge is 0.496 e. The highest BCUT2D eigenvalue weighted by Crippen LogP contribution is 2.32. The molecule has 2 aromatic carbocycles. The van der Waals surface area contributed by atoms with E-state index in [0.29, 0.717) is 30.3 Å². The maximum absolute atomic E-state index is 13.2. The SMILES string of the molecule is COc1ccc(S(=O)(=O)N[C@H]2CCCc3ccccc32)cc1C(=O)N1CCC(C)CC1. The molecule has 2 aromatic rings. The molecule has 1 saturated heterocycles. The summed E-state index contributed by atoms with van der Waals surface area (Å²) in [6, 6.07) is 12.2. The Bertz CT molecular complexity index is 1060. The number of amides is 1. The van der Waals surface area contributed by atoms with Crippen LogP contribution in [0.4, 0.5) is 0 Å². The second-order valence-corrected chi connectivity index (χ2v) is 10.3. The van der Waals surface area contributed by atoms with Gasteiger partial charge in [0.1, 0.15) is 5.75 Å². The van der Waals surface area contributed by atoms with Crippen molar-refractivity contribution < 1.29 is 17.9 Å². The Morgan fingerprint density at radius 3 is 2.58 bits per heavy atom. The zero-order valence-electron chi connectivity index (χ0n) is 18.1. The molecule has 0 bridgehead atoms. The van der Waals surface area contributed by atoms with Gasteiger partial charge in [0.15, 0.2) is 0 Å². The predicted octanol–water partition coefficient (Wildman–Crippen LogP) is 3.92. The number of piperidine rings is 1. The van der Waals surface area contributed by atoms with Gasteiger partial charge in [0.2, 0.25) is 10.0 Å². The minimum Gasteiger partial charge on any atom is -0.496 e. The third-order valence-corrected chi connectivity index (χ3v) is 7.92. The number of aryl methyl sites for hydroxylation is 1. The topological polar surface area (TPSA) is 75.7 Å². The lowest BCUT2D eigenvalue weighted by Gasteiger charge is -2.31. The Kier molecular flexibility index (Phi) is 6.34. The van der Waals surface area contributed by atoms with E-state index in [1.165, 1.54) is 24.8 Å². The number of rotatable bonds is 5. The number of fused-ring (bicyclic) bond motifs is 1. The molecule has 0 radical (unpaired) electrons. The van der Waals surface area contributed by atoms with E-state index in [4.69, 9.17) is 4.74 Å². The maximum atomic E-state index is 13.2. The summed E-state index contributed by atoms with van der Waals surface area (Å²) in [7, 11) is -2.30. The minimum atomic E-state index is -3.80. The van der Waals surface area contributed by atoms with E-state index < -0.39 is 10.0 Å². The van der Waals surface area contributed by atoms with Crippen LogP contribution in [0.2, 0.25) is 0 Å². The van der Waals surface area contributed by atoms with Crippen LogP contribution in [-0.2, 0) is 16.4 Å². The first-order valence-electron chi connectivity index (χ1n) is 11.0.